The molecular formula is C10H15N5. The Morgan fingerprint density at radius 1 is 1.73 bits per heavy atom. The molecule has 1 aromatic rings. The summed E-state index contributed by atoms with van der Waals surface area (Å²) < 4.78 is 0. The monoisotopic (exact) mass is 205 g/mol. The first-order valence-corrected chi connectivity index (χ1v) is 4.70. The number of nitriles is 1. The number of hydrogen-bond acceptors (Lipinski definition) is 5. The van der Waals surface area contributed by atoms with E-state index in [9.17, 15) is 0 Å². The fourth-order valence-electron chi connectivity index (χ4n) is 1.29. The van der Waals surface area contributed by atoms with Crippen LogP contribution < -0.4 is 16.2 Å². The van der Waals surface area contributed by atoms with Crippen LogP contribution in [0.25, 0.3) is 0 Å². The molecule has 0 spiro atoms. The number of nitrogens with two attached hydrogens (primary N) is 1. The fraction of sp³-hybridized carbons (Fsp3) is 0.400. The molecule has 1 unspecified atom stereocenters. The molecular weight excluding hydrogens is 190 g/mol. The van der Waals surface area contributed by atoms with E-state index in [1.165, 1.54) is 0 Å². The van der Waals surface area contributed by atoms with Gasteiger partial charge in [0, 0.05) is 31.5 Å². The van der Waals surface area contributed by atoms with Crippen molar-refractivity contribution in [2.24, 2.45) is 11.8 Å². The van der Waals surface area contributed by atoms with Gasteiger partial charge in [-0.25, -0.2) is 10.8 Å². The number of nitrogens with zero attached hydrogens (tertiary/aromatic N) is 3. The van der Waals surface area contributed by atoms with Crippen LogP contribution in [0.15, 0.2) is 18.3 Å². The van der Waals surface area contributed by atoms with Crippen LogP contribution in [-0.4, -0.2) is 18.6 Å². The lowest BCUT2D eigenvalue weighted by Gasteiger charge is -2.20. The maximum absolute atomic E-state index is 8.71. The second kappa shape index (κ2) is 5.17. The van der Waals surface area contributed by atoms with E-state index in [-0.39, 0.29) is 5.92 Å². The SMILES string of the molecule is CC(C#N)CN(C)c1ccnc(NN)c1. The Labute approximate surface area is 89.5 Å². The van der Waals surface area contributed by atoms with Gasteiger partial charge in [-0.15, -0.1) is 0 Å². The van der Waals surface area contributed by atoms with Crippen LogP contribution in [0.5, 0.6) is 0 Å². The number of hydrazine groups is 1. The van der Waals surface area contributed by atoms with E-state index in [2.05, 4.69) is 16.5 Å². The second-order valence-electron chi connectivity index (χ2n) is 3.45. The molecule has 5 nitrogen and oxygen atoms in total. The second-order valence-corrected chi connectivity index (χ2v) is 3.45. The topological polar surface area (TPSA) is 78.0 Å². The van der Waals surface area contributed by atoms with Crippen LogP contribution in [0.4, 0.5) is 11.5 Å². The minimum Gasteiger partial charge on any atom is -0.373 e. The lowest BCUT2D eigenvalue weighted by Crippen LogP contribution is -2.23. The molecule has 1 rings (SSSR count). The first-order chi connectivity index (χ1) is 7.17. The van der Waals surface area contributed by atoms with E-state index in [0.29, 0.717) is 12.4 Å². The number of nitrogen functional groups attached to an aromatic ring is 1. The zero-order valence-electron chi connectivity index (χ0n) is 8.94. The quantitative estimate of drug-likeness (QED) is 0.565. The number of nitrogens with one attached hydrogen (secondary N) is 1. The average molecular weight is 205 g/mol. The third-order valence-electron chi connectivity index (χ3n) is 2.10. The molecule has 80 valence electrons. The molecule has 0 aliphatic heterocycles. The van der Waals surface area contributed by atoms with Crippen molar-refractivity contribution in [3.05, 3.63) is 18.3 Å². The van der Waals surface area contributed by atoms with Crippen molar-refractivity contribution in [3.8, 4) is 6.07 Å². The van der Waals surface area contributed by atoms with Gasteiger partial charge in [-0.05, 0) is 13.0 Å². The fourth-order valence-corrected chi connectivity index (χ4v) is 1.29. The summed E-state index contributed by atoms with van der Waals surface area (Å²) in [5, 5.41) is 8.71. The van der Waals surface area contributed by atoms with Crippen molar-refractivity contribution >= 4 is 11.5 Å². The molecule has 0 bridgehead atoms. The van der Waals surface area contributed by atoms with Crippen molar-refractivity contribution in [1.82, 2.24) is 4.98 Å². The largest absolute Gasteiger partial charge is 0.373 e. The van der Waals surface area contributed by atoms with Gasteiger partial charge in [-0.1, -0.05) is 0 Å². The highest BCUT2D eigenvalue weighted by molar-refractivity contribution is 5.52. The van der Waals surface area contributed by atoms with Crippen LogP contribution in [0, 0.1) is 17.2 Å². The molecule has 0 aliphatic carbocycles. The van der Waals surface area contributed by atoms with E-state index in [4.69, 9.17) is 11.1 Å². The summed E-state index contributed by atoms with van der Waals surface area (Å²) in [4.78, 5) is 6.01. The Balaban J connectivity index is 2.73. The van der Waals surface area contributed by atoms with Crippen LogP contribution in [0.1, 0.15) is 6.92 Å². The minimum absolute atomic E-state index is 0.00236. The van der Waals surface area contributed by atoms with Crippen molar-refractivity contribution in [3.63, 3.8) is 0 Å². The van der Waals surface area contributed by atoms with Crippen LogP contribution in [-0.2, 0) is 0 Å². The van der Waals surface area contributed by atoms with E-state index in [1.54, 1.807) is 6.20 Å². The maximum Gasteiger partial charge on any atom is 0.141 e. The number of anilines is 2. The van der Waals surface area contributed by atoms with Gasteiger partial charge >= 0.3 is 0 Å². The van der Waals surface area contributed by atoms with Crippen molar-refractivity contribution in [1.29, 1.82) is 5.26 Å². The van der Waals surface area contributed by atoms with Crippen molar-refractivity contribution < 1.29 is 0 Å². The van der Waals surface area contributed by atoms with Gasteiger partial charge in [-0.3, -0.25) is 0 Å². The third kappa shape index (κ3) is 3.11. The zero-order chi connectivity index (χ0) is 11.3. The highest BCUT2D eigenvalue weighted by Gasteiger charge is 2.06. The molecule has 1 aromatic heterocycles. The molecule has 0 aromatic carbocycles. The molecule has 0 saturated carbocycles. The normalized spacial score (nSPS) is 11.6. The summed E-state index contributed by atoms with van der Waals surface area (Å²) in [6, 6.07) is 5.91. The van der Waals surface area contributed by atoms with Crippen LogP contribution >= 0.6 is 0 Å². The van der Waals surface area contributed by atoms with Crippen LogP contribution in [0.2, 0.25) is 0 Å². The van der Waals surface area contributed by atoms with Gasteiger partial charge in [0.2, 0.25) is 0 Å². The van der Waals surface area contributed by atoms with Gasteiger partial charge in [0.15, 0.2) is 0 Å². The summed E-state index contributed by atoms with van der Waals surface area (Å²) in [5.41, 5.74) is 3.47. The lowest BCUT2D eigenvalue weighted by molar-refractivity contribution is 0.716. The molecule has 0 fully saturated rings. The molecule has 1 heterocycles. The van der Waals surface area contributed by atoms with Crippen LogP contribution in [0.3, 0.4) is 0 Å². The number of hydrogen-bond donors (Lipinski definition) is 2. The highest BCUT2D eigenvalue weighted by Crippen LogP contribution is 2.16. The molecule has 0 amide bonds. The number of pyridine rings is 1. The Morgan fingerprint density at radius 2 is 2.47 bits per heavy atom. The van der Waals surface area contributed by atoms with Gasteiger partial charge in [0.1, 0.15) is 5.82 Å². The number of rotatable bonds is 4. The summed E-state index contributed by atoms with van der Waals surface area (Å²) >= 11 is 0. The Hall–Kier alpha value is -1.80. The molecule has 5 heteroatoms. The minimum atomic E-state index is -0.00236. The standard InChI is InChI=1S/C10H15N5/c1-8(6-11)7-15(2)9-3-4-13-10(5-9)14-12/h3-5,8H,7,12H2,1-2H3,(H,13,14). The highest BCUT2D eigenvalue weighted by atomic mass is 15.2. The summed E-state index contributed by atoms with van der Waals surface area (Å²) in [7, 11) is 1.93. The summed E-state index contributed by atoms with van der Waals surface area (Å²) in [6.07, 6.45) is 1.68. The zero-order valence-corrected chi connectivity index (χ0v) is 8.94. The van der Waals surface area contributed by atoms with Crippen molar-refractivity contribution in [2.75, 3.05) is 23.9 Å². The van der Waals surface area contributed by atoms with E-state index in [0.717, 1.165) is 5.69 Å². The van der Waals surface area contributed by atoms with Gasteiger partial charge in [0.25, 0.3) is 0 Å². The lowest BCUT2D eigenvalue weighted by atomic mass is 10.2. The molecule has 0 saturated heterocycles. The Bertz CT molecular complexity index is 357. The first kappa shape index (κ1) is 11.3. The van der Waals surface area contributed by atoms with E-state index >= 15 is 0 Å². The molecule has 0 aliphatic rings. The molecule has 15 heavy (non-hydrogen) atoms. The summed E-state index contributed by atoms with van der Waals surface area (Å²) in [6.45, 7) is 2.57. The van der Waals surface area contributed by atoms with E-state index < -0.39 is 0 Å². The molecule has 1 atom stereocenters. The maximum atomic E-state index is 8.71. The van der Waals surface area contributed by atoms with Crippen molar-refractivity contribution in [2.45, 2.75) is 6.92 Å². The molecule has 0 radical (unpaired) electrons. The third-order valence-corrected chi connectivity index (χ3v) is 2.10. The average Bonchev–Trinajstić information content (AvgIpc) is 2.28. The summed E-state index contributed by atoms with van der Waals surface area (Å²) in [5.74, 6) is 5.88. The smallest absolute Gasteiger partial charge is 0.141 e. The van der Waals surface area contributed by atoms with Gasteiger partial charge < -0.3 is 10.3 Å². The predicted octanol–water partition coefficient (Wildman–Crippen LogP) is 0.963. The van der Waals surface area contributed by atoms with Gasteiger partial charge in [-0.2, -0.15) is 5.26 Å². The Kier molecular flexibility index (Phi) is 3.89. The Morgan fingerprint density at radius 3 is 3.07 bits per heavy atom. The predicted molar refractivity (Wildman–Crippen MR) is 60.1 cm³/mol. The van der Waals surface area contributed by atoms with Gasteiger partial charge in [0.05, 0.1) is 12.0 Å². The number of aromatic nitrogens is 1. The van der Waals surface area contributed by atoms with E-state index in [1.807, 2.05) is 31.0 Å². The first-order valence-electron chi connectivity index (χ1n) is 4.70. The molecule has 3 N–H and O–H groups in total.